The molecule has 1 saturated heterocycles. The molecule has 1 rings (SSSR count). The summed E-state index contributed by atoms with van der Waals surface area (Å²) in [5.74, 6) is 0. The molecule has 0 N–H and O–H groups in total. The fraction of sp³-hybridized carbons (Fsp3) is 0.970. The zero-order valence-corrected chi connectivity index (χ0v) is 43.1. The van der Waals surface area contributed by atoms with Crippen molar-refractivity contribution in [3.63, 3.8) is 0 Å². The van der Waals surface area contributed by atoms with Crippen LogP contribution in [0.3, 0.4) is 0 Å². The Bertz CT molecular complexity index is 1040. The summed E-state index contributed by atoms with van der Waals surface area (Å²) in [6.07, 6.45) is -4.74. The summed E-state index contributed by atoms with van der Waals surface area (Å²) in [6, 6.07) is 0. The van der Waals surface area contributed by atoms with E-state index in [0.717, 1.165) is 6.29 Å². The van der Waals surface area contributed by atoms with E-state index in [1.807, 2.05) is 6.92 Å². The van der Waals surface area contributed by atoms with E-state index < -0.39 is 101 Å². The molecule has 10 nitrogen and oxygen atoms in total. The average molecular weight is 832 g/mol. The molecule has 0 unspecified atom stereocenters. The quantitative estimate of drug-likeness (QED) is 0.0828. The van der Waals surface area contributed by atoms with Crippen molar-refractivity contribution >= 4 is 64.5 Å². The molecule has 0 aromatic heterocycles. The highest BCUT2D eigenvalue weighted by Crippen LogP contribution is 2.36. The van der Waals surface area contributed by atoms with Crippen molar-refractivity contribution in [1.82, 2.24) is 0 Å². The first-order valence-electron chi connectivity index (χ1n) is 18.5. The first-order valence-corrected chi connectivity index (χ1v) is 42.3. The Morgan fingerprint density at radius 1 is 0.520 bits per heavy atom. The second kappa shape index (κ2) is 18.2. The van der Waals surface area contributed by atoms with E-state index in [0.29, 0.717) is 0 Å². The van der Waals surface area contributed by atoms with E-state index in [4.69, 9.17) is 40.5 Å². The highest BCUT2D eigenvalue weighted by Gasteiger charge is 2.53. The molecular formula is C33H78O10Si7. The molecule has 1 aliphatic heterocycles. The van der Waals surface area contributed by atoms with E-state index in [1.54, 1.807) is 0 Å². The molecule has 1 fully saturated rings. The van der Waals surface area contributed by atoms with Crippen LogP contribution in [0.4, 0.5) is 0 Å². The van der Waals surface area contributed by atoms with Gasteiger partial charge in [-0.2, -0.15) is 0 Å². The molecular weight excluding hydrogens is 753 g/mol. The Kier molecular flexibility index (Phi) is 17.8. The second-order valence-corrected chi connectivity index (χ2v) is 51.9. The zero-order chi connectivity index (χ0) is 39.5. The molecule has 17 heteroatoms. The van der Waals surface area contributed by atoms with Gasteiger partial charge in [0.05, 0.1) is 24.9 Å². The van der Waals surface area contributed by atoms with Crippen molar-refractivity contribution in [1.29, 1.82) is 0 Å². The molecule has 0 saturated carbocycles. The van der Waals surface area contributed by atoms with Gasteiger partial charge in [0.1, 0.15) is 36.8 Å². The highest BCUT2D eigenvalue weighted by atomic mass is 28.4. The maximum Gasteiger partial charge on any atom is 0.186 e. The van der Waals surface area contributed by atoms with Crippen LogP contribution in [0, 0.1) is 0 Å². The minimum atomic E-state index is -2.30. The second-order valence-electron chi connectivity index (χ2n) is 20.6. The van der Waals surface area contributed by atoms with Crippen LogP contribution in [0.15, 0.2) is 0 Å². The van der Waals surface area contributed by atoms with Crippen LogP contribution in [0.2, 0.25) is 137 Å². The summed E-state index contributed by atoms with van der Waals surface area (Å²) >= 11 is 0. The third-order valence-electron chi connectivity index (χ3n) is 6.80. The molecule has 0 bridgehead atoms. The predicted molar refractivity (Wildman–Crippen MR) is 224 cm³/mol. The lowest BCUT2D eigenvalue weighted by atomic mass is 9.99. The lowest BCUT2D eigenvalue weighted by molar-refractivity contribution is -0.310. The monoisotopic (exact) mass is 830 g/mol. The number of carbonyl (C=O) groups excluding carboxylic acids is 1. The molecule has 1 aliphatic rings. The Labute approximate surface area is 314 Å². The Morgan fingerprint density at radius 3 is 1.32 bits per heavy atom. The van der Waals surface area contributed by atoms with Crippen LogP contribution in [0.5, 0.6) is 0 Å². The van der Waals surface area contributed by atoms with E-state index in [9.17, 15) is 4.79 Å². The van der Waals surface area contributed by atoms with Crippen LogP contribution in [0.25, 0.3) is 0 Å². The fourth-order valence-electron chi connectivity index (χ4n) is 5.55. The Morgan fingerprint density at radius 2 is 0.940 bits per heavy atom. The van der Waals surface area contributed by atoms with Gasteiger partial charge in [0, 0.05) is 0 Å². The highest BCUT2D eigenvalue weighted by molar-refractivity contribution is 6.72. The van der Waals surface area contributed by atoms with Crippen molar-refractivity contribution in [2.24, 2.45) is 0 Å². The standard InChI is InChI=1S/C33H78O10Si7/c1-25-28(40-47(11,12)13)31(42-49(17,18)19)32(43-50(20,21)22)33(36-25)37-29(27(39-46(8,9)10)24-35-44(2,3)4)30(41-48(14,15)16)26(23-34)38-45(5,6)7/h23,25-33H,24H2,1-22H3/t25-,26-,27+,28-,29+,30+,31+,32+,33-/m0/s1. The van der Waals surface area contributed by atoms with Crippen LogP contribution in [-0.4, -0.2) is 126 Å². The summed E-state index contributed by atoms with van der Waals surface area (Å²) in [6.45, 7) is 47.5. The average Bonchev–Trinajstić information content (AvgIpc) is 2.82. The van der Waals surface area contributed by atoms with Crippen LogP contribution < -0.4 is 0 Å². The van der Waals surface area contributed by atoms with Crippen LogP contribution in [-0.2, 0) is 45.3 Å². The lowest BCUT2D eigenvalue weighted by Crippen LogP contribution is -2.67. The van der Waals surface area contributed by atoms with Gasteiger partial charge < -0.3 is 45.3 Å². The van der Waals surface area contributed by atoms with Crippen LogP contribution in [0.1, 0.15) is 6.92 Å². The summed E-state index contributed by atoms with van der Waals surface area (Å²) in [5, 5.41) is 0. The fourth-order valence-corrected chi connectivity index (χ4v) is 12.7. The largest absolute Gasteiger partial charge is 0.415 e. The normalized spacial score (nSPS) is 26.0. The minimum absolute atomic E-state index is 0.284. The summed E-state index contributed by atoms with van der Waals surface area (Å²) in [4.78, 5) is 13.1. The van der Waals surface area contributed by atoms with Crippen molar-refractivity contribution in [3.8, 4) is 0 Å². The molecule has 0 aliphatic carbocycles. The number of carbonyl (C=O) groups is 1. The van der Waals surface area contributed by atoms with Gasteiger partial charge in [-0.3, -0.25) is 0 Å². The molecule has 0 aromatic rings. The molecule has 1 heterocycles. The molecule has 0 aromatic carbocycles. The van der Waals surface area contributed by atoms with Gasteiger partial charge in [-0.25, -0.2) is 0 Å². The summed E-state index contributed by atoms with van der Waals surface area (Å²) in [7, 11) is -15.1. The summed E-state index contributed by atoms with van der Waals surface area (Å²) < 4.78 is 62.1. The molecule has 0 radical (unpaired) electrons. The van der Waals surface area contributed by atoms with Crippen LogP contribution >= 0.6 is 0 Å². The van der Waals surface area contributed by atoms with E-state index in [2.05, 4.69) is 137 Å². The summed E-state index contributed by atoms with van der Waals surface area (Å²) in [5.41, 5.74) is 0. The topological polar surface area (TPSA) is 100 Å². The molecule has 0 amide bonds. The number of ether oxygens (including phenoxy) is 2. The van der Waals surface area contributed by atoms with Gasteiger partial charge in [0.25, 0.3) is 0 Å². The predicted octanol–water partition coefficient (Wildman–Crippen LogP) is 8.49. The number of hydrogen-bond donors (Lipinski definition) is 0. The Balaban J connectivity index is 4.11. The van der Waals surface area contributed by atoms with Crippen molar-refractivity contribution in [2.75, 3.05) is 6.61 Å². The molecule has 0 spiro atoms. The zero-order valence-electron chi connectivity index (χ0n) is 36.1. The van der Waals surface area contributed by atoms with E-state index >= 15 is 0 Å². The minimum Gasteiger partial charge on any atom is -0.415 e. The Hall–Kier alpha value is 0.828. The van der Waals surface area contributed by atoms with Gasteiger partial charge in [0.2, 0.25) is 0 Å². The van der Waals surface area contributed by atoms with E-state index in [1.165, 1.54) is 0 Å². The van der Waals surface area contributed by atoms with Gasteiger partial charge in [-0.1, -0.05) is 0 Å². The van der Waals surface area contributed by atoms with E-state index in [-0.39, 0.29) is 18.8 Å². The van der Waals surface area contributed by atoms with Gasteiger partial charge in [0.15, 0.2) is 64.5 Å². The van der Waals surface area contributed by atoms with Crippen molar-refractivity contribution in [3.05, 3.63) is 0 Å². The maximum atomic E-state index is 13.1. The first kappa shape index (κ1) is 48.8. The third kappa shape index (κ3) is 19.9. The van der Waals surface area contributed by atoms with Crippen molar-refractivity contribution in [2.45, 2.75) is 200 Å². The van der Waals surface area contributed by atoms with Gasteiger partial charge >= 0.3 is 0 Å². The lowest BCUT2D eigenvalue weighted by Gasteiger charge is -2.51. The van der Waals surface area contributed by atoms with Gasteiger partial charge in [-0.05, 0) is 144 Å². The number of rotatable bonds is 21. The molecule has 50 heavy (non-hydrogen) atoms. The number of aldehydes is 1. The number of hydrogen-bond acceptors (Lipinski definition) is 10. The third-order valence-corrected chi connectivity index (χ3v) is 13.7. The smallest absolute Gasteiger partial charge is 0.186 e. The molecule has 9 atom stereocenters. The molecule has 298 valence electrons. The first-order chi connectivity index (χ1) is 22.0. The maximum absolute atomic E-state index is 13.1. The van der Waals surface area contributed by atoms with Crippen molar-refractivity contribution < 1.29 is 45.3 Å². The van der Waals surface area contributed by atoms with Gasteiger partial charge in [-0.15, -0.1) is 0 Å². The SMILES string of the molecule is C[C@@H]1O[C@@H](O[C@@H]([C@H](O[Si](C)(C)C)[C@H](C=O)O[Si](C)(C)C)[C@@H](CO[Si](C)(C)C)O[Si](C)(C)C)[C@H](O[Si](C)(C)C)[C@H](O[Si](C)(C)C)[C@H]1O[Si](C)(C)C.